The molecule has 0 unspecified atom stereocenters. The Hall–Kier alpha value is -2.74. The van der Waals surface area contributed by atoms with Gasteiger partial charge in [0.1, 0.15) is 17.4 Å². The van der Waals surface area contributed by atoms with E-state index in [0.29, 0.717) is 31.2 Å². The number of carbonyl (C=O) groups excluding carboxylic acids is 1. The molecule has 2 aromatic rings. The van der Waals surface area contributed by atoms with E-state index in [4.69, 9.17) is 9.72 Å². The molecule has 3 heterocycles. The topological polar surface area (TPSA) is 78.5 Å². The maximum atomic E-state index is 13.2. The van der Waals surface area contributed by atoms with Crippen molar-refractivity contribution in [3.63, 3.8) is 0 Å². The Bertz CT molecular complexity index is 961. The maximum absolute atomic E-state index is 13.2. The number of nitrogens with one attached hydrogen (secondary N) is 1. The third-order valence-corrected chi connectivity index (χ3v) is 5.60. The Labute approximate surface area is 168 Å². The molecule has 0 spiro atoms. The Morgan fingerprint density at radius 3 is 3.07 bits per heavy atom. The van der Waals surface area contributed by atoms with Gasteiger partial charge >= 0.3 is 0 Å². The van der Waals surface area contributed by atoms with Gasteiger partial charge in [-0.05, 0) is 32.0 Å². The number of aromatic nitrogens is 2. The first-order valence-corrected chi connectivity index (χ1v) is 9.96. The highest BCUT2D eigenvalue weighted by Crippen LogP contribution is 2.25. The SMILES string of the molecule is CN1CCc2nc([C@@H]3CCCN(C(=O)COc4cccc(F)c4)C3)[nH]c(=O)c2C1. The Balaban J connectivity index is 1.42. The molecular formula is C21H25FN4O3. The van der Waals surface area contributed by atoms with Gasteiger partial charge in [0.15, 0.2) is 6.61 Å². The van der Waals surface area contributed by atoms with Crippen LogP contribution < -0.4 is 10.3 Å². The number of carbonyl (C=O) groups is 1. The highest BCUT2D eigenvalue weighted by Gasteiger charge is 2.28. The van der Waals surface area contributed by atoms with Crippen LogP contribution in [0.1, 0.15) is 35.8 Å². The second kappa shape index (κ2) is 8.32. The molecule has 7 nitrogen and oxygen atoms in total. The Morgan fingerprint density at radius 2 is 2.24 bits per heavy atom. The summed E-state index contributed by atoms with van der Waals surface area (Å²) in [7, 11) is 1.99. The standard InChI is InChI=1S/C21H25FN4O3/c1-25-9-7-18-17(12-25)21(28)24-20(23-18)14-4-3-8-26(11-14)19(27)13-29-16-6-2-5-15(22)10-16/h2,5-6,10,14H,3-4,7-9,11-13H2,1H3,(H,23,24,28)/t14-/m1/s1. The van der Waals surface area contributed by atoms with Crippen molar-refractivity contribution in [2.75, 3.05) is 33.3 Å². The third-order valence-electron chi connectivity index (χ3n) is 5.60. The van der Waals surface area contributed by atoms with Crippen LogP contribution in [-0.2, 0) is 17.8 Å². The fourth-order valence-electron chi connectivity index (χ4n) is 3.99. The minimum absolute atomic E-state index is 0.000439. The van der Waals surface area contributed by atoms with Gasteiger partial charge in [0.05, 0.1) is 11.3 Å². The molecule has 8 heteroatoms. The van der Waals surface area contributed by atoms with E-state index < -0.39 is 5.82 Å². The monoisotopic (exact) mass is 400 g/mol. The largest absolute Gasteiger partial charge is 0.484 e. The van der Waals surface area contributed by atoms with Crippen LogP contribution in [0.15, 0.2) is 29.1 Å². The van der Waals surface area contributed by atoms with Gasteiger partial charge in [0.25, 0.3) is 11.5 Å². The van der Waals surface area contributed by atoms with Gasteiger partial charge in [-0.1, -0.05) is 6.07 Å². The fraction of sp³-hybridized carbons (Fsp3) is 0.476. The molecule has 1 N–H and O–H groups in total. The molecule has 0 radical (unpaired) electrons. The number of amides is 1. The van der Waals surface area contributed by atoms with Gasteiger partial charge in [0.2, 0.25) is 0 Å². The van der Waals surface area contributed by atoms with Crippen molar-refractivity contribution in [1.29, 1.82) is 0 Å². The van der Waals surface area contributed by atoms with Gasteiger partial charge in [-0.15, -0.1) is 0 Å². The van der Waals surface area contributed by atoms with Gasteiger partial charge in [-0.3, -0.25) is 9.59 Å². The van der Waals surface area contributed by atoms with Crippen LogP contribution >= 0.6 is 0 Å². The Kier molecular flexibility index (Phi) is 5.62. The van der Waals surface area contributed by atoms with Crippen LogP contribution in [0.4, 0.5) is 4.39 Å². The summed E-state index contributed by atoms with van der Waals surface area (Å²) >= 11 is 0. The van der Waals surface area contributed by atoms with E-state index in [-0.39, 0.29) is 24.0 Å². The van der Waals surface area contributed by atoms with E-state index in [1.807, 2.05) is 7.05 Å². The number of likely N-dealkylation sites (tertiary alicyclic amines) is 1. The number of rotatable bonds is 4. The van der Waals surface area contributed by atoms with Gasteiger partial charge in [0, 0.05) is 44.6 Å². The zero-order chi connectivity index (χ0) is 20.4. The molecule has 1 amide bonds. The number of ether oxygens (including phenoxy) is 1. The molecule has 1 saturated heterocycles. The Morgan fingerprint density at radius 1 is 1.38 bits per heavy atom. The van der Waals surface area contributed by atoms with E-state index in [1.54, 1.807) is 17.0 Å². The molecule has 4 rings (SSSR count). The third kappa shape index (κ3) is 4.48. The summed E-state index contributed by atoms with van der Waals surface area (Å²) < 4.78 is 18.7. The smallest absolute Gasteiger partial charge is 0.260 e. The van der Waals surface area contributed by atoms with Crippen LogP contribution in [0.2, 0.25) is 0 Å². The molecule has 1 aromatic carbocycles. The number of nitrogens with zero attached hydrogens (tertiary/aromatic N) is 3. The average molecular weight is 400 g/mol. The van der Waals surface area contributed by atoms with Crippen molar-refractivity contribution in [1.82, 2.24) is 19.8 Å². The van der Waals surface area contributed by atoms with Gasteiger partial charge in [-0.25, -0.2) is 9.37 Å². The van der Waals surface area contributed by atoms with Crippen molar-refractivity contribution < 1.29 is 13.9 Å². The molecule has 1 atom stereocenters. The summed E-state index contributed by atoms with van der Waals surface area (Å²) in [5, 5.41) is 0. The van der Waals surface area contributed by atoms with Crippen molar-refractivity contribution in [2.24, 2.45) is 0 Å². The van der Waals surface area contributed by atoms with Crippen LogP contribution in [0.3, 0.4) is 0 Å². The highest BCUT2D eigenvalue weighted by molar-refractivity contribution is 5.78. The van der Waals surface area contributed by atoms with Crippen LogP contribution in [0.25, 0.3) is 0 Å². The lowest BCUT2D eigenvalue weighted by Crippen LogP contribution is -2.42. The molecule has 1 aromatic heterocycles. The lowest BCUT2D eigenvalue weighted by molar-refractivity contribution is -0.134. The number of H-pyrrole nitrogens is 1. The van der Waals surface area contributed by atoms with E-state index in [2.05, 4.69) is 9.88 Å². The predicted molar refractivity (Wildman–Crippen MR) is 105 cm³/mol. The number of hydrogen-bond donors (Lipinski definition) is 1. The number of aromatic amines is 1. The quantitative estimate of drug-likeness (QED) is 0.845. The minimum atomic E-state index is -0.401. The summed E-state index contributed by atoms with van der Waals surface area (Å²) in [6.45, 7) is 2.49. The van der Waals surface area contributed by atoms with Crippen molar-refractivity contribution in [3.8, 4) is 5.75 Å². The van der Waals surface area contributed by atoms with Crippen molar-refractivity contribution in [3.05, 3.63) is 57.5 Å². The zero-order valence-corrected chi connectivity index (χ0v) is 16.5. The molecule has 29 heavy (non-hydrogen) atoms. The van der Waals surface area contributed by atoms with Crippen molar-refractivity contribution in [2.45, 2.75) is 31.7 Å². The summed E-state index contributed by atoms with van der Waals surface area (Å²) in [4.78, 5) is 36.6. The second-order valence-electron chi connectivity index (χ2n) is 7.79. The number of fused-ring (bicyclic) bond motifs is 1. The number of benzene rings is 1. The van der Waals surface area contributed by atoms with Crippen molar-refractivity contribution >= 4 is 5.91 Å². The van der Waals surface area contributed by atoms with Crippen LogP contribution in [0.5, 0.6) is 5.75 Å². The van der Waals surface area contributed by atoms with E-state index in [1.165, 1.54) is 12.1 Å². The first kappa shape index (κ1) is 19.6. The maximum Gasteiger partial charge on any atom is 0.260 e. The molecule has 2 aliphatic heterocycles. The van der Waals surface area contributed by atoms with E-state index in [9.17, 15) is 14.0 Å². The van der Waals surface area contributed by atoms with Crippen LogP contribution in [-0.4, -0.2) is 59.0 Å². The number of likely N-dealkylation sites (N-methyl/N-ethyl adjacent to an activating group) is 1. The van der Waals surface area contributed by atoms with Crippen LogP contribution in [0, 0.1) is 5.82 Å². The number of halogens is 1. The van der Waals surface area contributed by atoms with E-state index >= 15 is 0 Å². The zero-order valence-electron chi connectivity index (χ0n) is 16.5. The number of hydrogen-bond acceptors (Lipinski definition) is 5. The van der Waals surface area contributed by atoms with Gasteiger partial charge in [-0.2, -0.15) is 0 Å². The molecule has 1 fully saturated rings. The molecule has 0 aliphatic carbocycles. The normalized spacial score (nSPS) is 19.7. The summed E-state index contributed by atoms with van der Waals surface area (Å²) in [5.74, 6) is 0.446. The first-order valence-electron chi connectivity index (χ1n) is 9.96. The predicted octanol–water partition coefficient (Wildman–Crippen LogP) is 1.68. The summed E-state index contributed by atoms with van der Waals surface area (Å²) in [6, 6.07) is 5.75. The van der Waals surface area contributed by atoms with E-state index in [0.717, 1.165) is 37.1 Å². The molecule has 0 bridgehead atoms. The lowest BCUT2D eigenvalue weighted by atomic mass is 9.96. The summed E-state index contributed by atoms with van der Waals surface area (Å²) in [5.41, 5.74) is 1.55. The molecular weight excluding hydrogens is 375 g/mol. The molecule has 2 aliphatic rings. The van der Waals surface area contributed by atoms with Gasteiger partial charge < -0.3 is 19.5 Å². The lowest BCUT2D eigenvalue weighted by Gasteiger charge is -2.33. The highest BCUT2D eigenvalue weighted by atomic mass is 19.1. The molecule has 0 saturated carbocycles. The summed E-state index contributed by atoms with van der Waals surface area (Å²) in [6.07, 6.45) is 2.47. The minimum Gasteiger partial charge on any atom is -0.484 e. The average Bonchev–Trinajstić information content (AvgIpc) is 2.72. The first-order chi connectivity index (χ1) is 14.0. The fourth-order valence-corrected chi connectivity index (χ4v) is 3.99. The molecule has 154 valence electrons. The number of piperidine rings is 1. The second-order valence-corrected chi connectivity index (χ2v) is 7.79.